The second kappa shape index (κ2) is 8.14. The van der Waals surface area contributed by atoms with Crippen molar-refractivity contribution in [1.82, 2.24) is 29.6 Å². The summed E-state index contributed by atoms with van der Waals surface area (Å²) in [5, 5.41) is 7.98. The minimum Gasteiger partial charge on any atom is -0.378 e. The van der Waals surface area contributed by atoms with Gasteiger partial charge in [-0.05, 0) is 49.4 Å². The topological polar surface area (TPSA) is 84.2 Å². The molecule has 4 heterocycles. The highest BCUT2D eigenvalue weighted by Gasteiger charge is 2.30. The zero-order valence-electron chi connectivity index (χ0n) is 18.3. The van der Waals surface area contributed by atoms with Crippen LogP contribution in [0.5, 0.6) is 0 Å². The van der Waals surface area contributed by atoms with E-state index in [1.54, 1.807) is 17.2 Å². The highest BCUT2D eigenvalue weighted by molar-refractivity contribution is 5.65. The fourth-order valence-electron chi connectivity index (χ4n) is 4.45. The molecule has 1 aliphatic carbocycles. The molecule has 1 saturated carbocycles. The van der Waals surface area contributed by atoms with Crippen molar-refractivity contribution < 1.29 is 4.74 Å². The smallest absolute Gasteiger partial charge is 0.247 e. The Morgan fingerprint density at radius 2 is 1.88 bits per heavy atom. The van der Waals surface area contributed by atoms with Crippen LogP contribution in [0.15, 0.2) is 36.8 Å². The predicted molar refractivity (Wildman–Crippen MR) is 122 cm³/mol. The van der Waals surface area contributed by atoms with Gasteiger partial charge in [0.25, 0.3) is 0 Å². The number of hydrogen-bond acceptors (Lipinski definition) is 8. The van der Waals surface area contributed by atoms with Crippen LogP contribution in [0.1, 0.15) is 30.1 Å². The molecule has 3 aromatic rings. The lowest BCUT2D eigenvalue weighted by Gasteiger charge is -2.43. The van der Waals surface area contributed by atoms with Crippen LogP contribution in [-0.2, 0) is 4.74 Å². The molecular weight excluding hydrogens is 404 g/mol. The summed E-state index contributed by atoms with van der Waals surface area (Å²) >= 11 is 0. The molecule has 2 aliphatic heterocycles. The van der Waals surface area contributed by atoms with Crippen molar-refractivity contribution in [2.45, 2.75) is 31.7 Å². The molecule has 9 nitrogen and oxygen atoms in total. The number of anilines is 3. The fourth-order valence-corrected chi connectivity index (χ4v) is 4.45. The molecule has 2 aromatic heterocycles. The van der Waals surface area contributed by atoms with Crippen LogP contribution in [0.2, 0.25) is 0 Å². The summed E-state index contributed by atoms with van der Waals surface area (Å²) in [6.45, 7) is 7.92. The van der Waals surface area contributed by atoms with Crippen LogP contribution in [0.3, 0.4) is 0 Å². The monoisotopic (exact) mass is 432 g/mol. The lowest BCUT2D eigenvalue weighted by atomic mass is 10.1. The van der Waals surface area contributed by atoms with Gasteiger partial charge < -0.3 is 15.0 Å². The number of hydrogen-bond donors (Lipinski definition) is 1. The standard InChI is InChI=1S/C23H28N8O/c1-16-24-5-4-22(26-16)31-15-25-23(28-31)27-19-10-18(17-2-3-17)11-20(12-19)29-6-8-30(9-7-29)21-13-32-14-21/h4-5,10-12,15,17,21H,2-3,6-9,13-14H2,1H3,(H,27,28). The van der Waals surface area contributed by atoms with Crippen LogP contribution in [0, 0.1) is 6.92 Å². The Balaban J connectivity index is 1.20. The molecule has 3 aliphatic rings. The van der Waals surface area contributed by atoms with Gasteiger partial charge >= 0.3 is 0 Å². The highest BCUT2D eigenvalue weighted by Crippen LogP contribution is 2.42. The number of nitrogens with one attached hydrogen (secondary N) is 1. The minimum atomic E-state index is 0.565. The van der Waals surface area contributed by atoms with Crippen LogP contribution >= 0.6 is 0 Å². The molecule has 1 N–H and O–H groups in total. The maximum absolute atomic E-state index is 5.37. The summed E-state index contributed by atoms with van der Waals surface area (Å²) < 4.78 is 7.05. The van der Waals surface area contributed by atoms with E-state index in [1.807, 2.05) is 13.0 Å². The van der Waals surface area contributed by atoms with Crippen LogP contribution < -0.4 is 10.2 Å². The molecule has 9 heteroatoms. The van der Waals surface area contributed by atoms with Crippen molar-refractivity contribution in [3.63, 3.8) is 0 Å². The van der Waals surface area contributed by atoms with E-state index in [1.165, 1.54) is 24.1 Å². The third-order valence-corrected chi connectivity index (χ3v) is 6.55. The van der Waals surface area contributed by atoms with Crippen molar-refractivity contribution in [3.8, 4) is 5.82 Å². The molecule has 0 amide bonds. The van der Waals surface area contributed by atoms with E-state index in [2.05, 4.69) is 53.4 Å². The van der Waals surface area contributed by atoms with Crippen molar-refractivity contribution in [1.29, 1.82) is 0 Å². The number of rotatable bonds is 6. The normalized spacial score (nSPS) is 19.7. The number of benzene rings is 1. The summed E-state index contributed by atoms with van der Waals surface area (Å²) in [5.41, 5.74) is 3.73. The average Bonchev–Trinajstić information content (AvgIpc) is 3.52. The molecule has 0 bridgehead atoms. The molecule has 2 saturated heterocycles. The van der Waals surface area contributed by atoms with Crippen molar-refractivity contribution in [2.75, 3.05) is 49.6 Å². The van der Waals surface area contributed by atoms with E-state index in [0.29, 0.717) is 29.6 Å². The Labute approximate surface area is 187 Å². The number of aryl methyl sites for hydroxylation is 1. The summed E-state index contributed by atoms with van der Waals surface area (Å²) in [7, 11) is 0. The first-order valence-corrected chi connectivity index (χ1v) is 11.4. The van der Waals surface area contributed by atoms with Crippen LogP contribution in [0.25, 0.3) is 5.82 Å². The second-order valence-electron chi connectivity index (χ2n) is 8.90. The second-order valence-corrected chi connectivity index (χ2v) is 8.90. The number of aromatic nitrogens is 5. The summed E-state index contributed by atoms with van der Waals surface area (Å²) in [6, 6.07) is 9.29. The number of nitrogens with zero attached hydrogens (tertiary/aromatic N) is 7. The Morgan fingerprint density at radius 1 is 1.03 bits per heavy atom. The van der Waals surface area contributed by atoms with E-state index < -0.39 is 0 Å². The van der Waals surface area contributed by atoms with Gasteiger partial charge in [0.15, 0.2) is 5.82 Å². The van der Waals surface area contributed by atoms with E-state index in [-0.39, 0.29) is 0 Å². The van der Waals surface area contributed by atoms with Gasteiger partial charge in [0, 0.05) is 49.8 Å². The maximum atomic E-state index is 5.37. The van der Waals surface area contributed by atoms with E-state index in [0.717, 1.165) is 45.1 Å². The van der Waals surface area contributed by atoms with Gasteiger partial charge in [-0.3, -0.25) is 4.90 Å². The summed E-state index contributed by atoms with van der Waals surface area (Å²) in [4.78, 5) is 18.1. The molecule has 3 fully saturated rings. The molecule has 0 unspecified atom stereocenters. The molecule has 1 aromatic carbocycles. The van der Waals surface area contributed by atoms with Gasteiger partial charge in [-0.2, -0.15) is 4.98 Å². The average molecular weight is 433 g/mol. The zero-order chi connectivity index (χ0) is 21.5. The number of piperazine rings is 1. The quantitative estimate of drug-likeness (QED) is 0.636. The largest absolute Gasteiger partial charge is 0.378 e. The van der Waals surface area contributed by atoms with E-state index in [4.69, 9.17) is 4.74 Å². The van der Waals surface area contributed by atoms with Crippen LogP contribution in [-0.4, -0.2) is 75.1 Å². The van der Waals surface area contributed by atoms with Gasteiger partial charge in [-0.15, -0.1) is 5.10 Å². The SMILES string of the molecule is Cc1nccc(-n2cnc(Nc3cc(C4CC4)cc(N4CCN(C5COC5)CC4)c3)n2)n1. The molecule has 6 rings (SSSR count). The van der Waals surface area contributed by atoms with Crippen molar-refractivity contribution in [3.05, 3.63) is 48.2 Å². The van der Waals surface area contributed by atoms with Gasteiger partial charge in [-0.25, -0.2) is 14.6 Å². The fraction of sp³-hybridized carbons (Fsp3) is 0.478. The van der Waals surface area contributed by atoms with Crippen molar-refractivity contribution in [2.24, 2.45) is 0 Å². The first kappa shape index (κ1) is 19.6. The first-order chi connectivity index (χ1) is 15.7. The number of ether oxygens (including phenoxy) is 1. The van der Waals surface area contributed by atoms with Crippen LogP contribution in [0.4, 0.5) is 17.3 Å². The molecule has 32 heavy (non-hydrogen) atoms. The highest BCUT2D eigenvalue weighted by atomic mass is 16.5. The van der Waals surface area contributed by atoms with Crippen molar-refractivity contribution >= 4 is 17.3 Å². The Hall–Kier alpha value is -3.04. The Bertz CT molecular complexity index is 1100. The minimum absolute atomic E-state index is 0.565. The first-order valence-electron chi connectivity index (χ1n) is 11.4. The molecule has 0 radical (unpaired) electrons. The van der Waals surface area contributed by atoms with Gasteiger partial charge in [0.05, 0.1) is 19.3 Å². The maximum Gasteiger partial charge on any atom is 0.247 e. The Morgan fingerprint density at radius 3 is 2.59 bits per heavy atom. The summed E-state index contributed by atoms with van der Waals surface area (Å²) in [6.07, 6.45) is 5.96. The van der Waals surface area contributed by atoms with E-state index >= 15 is 0 Å². The van der Waals surface area contributed by atoms with E-state index in [9.17, 15) is 0 Å². The zero-order valence-corrected chi connectivity index (χ0v) is 18.3. The molecule has 166 valence electrons. The van der Waals surface area contributed by atoms with Gasteiger partial charge in [0.2, 0.25) is 5.95 Å². The molecule has 0 atom stereocenters. The third-order valence-electron chi connectivity index (χ3n) is 6.55. The Kier molecular flexibility index (Phi) is 4.99. The third kappa shape index (κ3) is 4.05. The predicted octanol–water partition coefficient (Wildman–Crippen LogP) is 2.51. The lowest BCUT2D eigenvalue weighted by molar-refractivity contribution is -0.0660. The van der Waals surface area contributed by atoms with Gasteiger partial charge in [-0.1, -0.05) is 0 Å². The lowest BCUT2D eigenvalue weighted by Crippen LogP contribution is -2.56. The molecule has 0 spiro atoms. The van der Waals surface area contributed by atoms with Gasteiger partial charge in [0.1, 0.15) is 12.2 Å². The summed E-state index contributed by atoms with van der Waals surface area (Å²) in [5.74, 6) is 2.66. The molecular formula is C23H28N8O.